The second-order valence-corrected chi connectivity index (χ2v) is 5.96. The van der Waals surface area contributed by atoms with Gasteiger partial charge in [0, 0.05) is 17.2 Å². The van der Waals surface area contributed by atoms with Crippen molar-refractivity contribution in [2.45, 2.75) is 0 Å². The Morgan fingerprint density at radius 2 is 1.57 bits per heavy atom. The third kappa shape index (κ3) is 4.76. The van der Waals surface area contributed by atoms with E-state index < -0.39 is 0 Å². The van der Waals surface area contributed by atoms with E-state index in [4.69, 9.17) is 0 Å². The SMILES string of the molecule is O=C(N/N=C\c1c(O)cc(O)cc1/C=C/c1ccc(O)cc1)c1ccccc1. The number of hydrogen-bond acceptors (Lipinski definition) is 5. The number of phenolic OH excluding ortho intramolecular Hbond substituents is 3. The number of carbonyl (C=O) groups excluding carboxylic acids is 1. The van der Waals surface area contributed by atoms with Crippen LogP contribution in [0.2, 0.25) is 0 Å². The van der Waals surface area contributed by atoms with Gasteiger partial charge in [0.25, 0.3) is 5.91 Å². The van der Waals surface area contributed by atoms with Gasteiger partial charge >= 0.3 is 0 Å². The fourth-order valence-corrected chi connectivity index (χ4v) is 2.50. The van der Waals surface area contributed by atoms with Crippen molar-refractivity contribution in [2.75, 3.05) is 0 Å². The zero-order valence-electron chi connectivity index (χ0n) is 14.8. The minimum absolute atomic E-state index is 0.103. The minimum Gasteiger partial charge on any atom is -0.508 e. The van der Waals surface area contributed by atoms with Gasteiger partial charge < -0.3 is 15.3 Å². The number of carbonyl (C=O) groups is 1. The molecule has 1 amide bonds. The summed E-state index contributed by atoms with van der Waals surface area (Å²) in [6.07, 6.45) is 4.76. The molecule has 0 fully saturated rings. The fourth-order valence-electron chi connectivity index (χ4n) is 2.50. The molecular formula is C22H18N2O4. The van der Waals surface area contributed by atoms with Crippen LogP contribution in [0.5, 0.6) is 17.2 Å². The summed E-state index contributed by atoms with van der Waals surface area (Å²) in [7, 11) is 0. The molecule has 0 bridgehead atoms. The van der Waals surface area contributed by atoms with Crippen LogP contribution >= 0.6 is 0 Å². The van der Waals surface area contributed by atoms with Crippen molar-refractivity contribution in [1.82, 2.24) is 5.43 Å². The molecule has 0 aliphatic rings. The molecule has 0 atom stereocenters. The Balaban J connectivity index is 1.82. The van der Waals surface area contributed by atoms with Crippen LogP contribution in [0.15, 0.2) is 71.8 Å². The van der Waals surface area contributed by atoms with E-state index in [0.29, 0.717) is 16.7 Å². The first-order chi connectivity index (χ1) is 13.5. The van der Waals surface area contributed by atoms with E-state index in [1.54, 1.807) is 66.7 Å². The van der Waals surface area contributed by atoms with Crippen LogP contribution in [0.25, 0.3) is 12.2 Å². The number of nitrogens with one attached hydrogen (secondary N) is 1. The van der Waals surface area contributed by atoms with Crippen molar-refractivity contribution in [3.8, 4) is 17.2 Å². The number of benzene rings is 3. The number of nitrogens with zero attached hydrogens (tertiary/aromatic N) is 1. The zero-order valence-corrected chi connectivity index (χ0v) is 14.8. The summed E-state index contributed by atoms with van der Waals surface area (Å²) in [6, 6.07) is 17.8. The Morgan fingerprint density at radius 3 is 2.29 bits per heavy atom. The average Bonchev–Trinajstić information content (AvgIpc) is 2.69. The lowest BCUT2D eigenvalue weighted by molar-refractivity contribution is 0.0955. The summed E-state index contributed by atoms with van der Waals surface area (Å²) in [4.78, 5) is 12.0. The number of aromatic hydroxyl groups is 3. The predicted octanol–water partition coefficient (Wildman–Crippen LogP) is 3.74. The van der Waals surface area contributed by atoms with Crippen molar-refractivity contribution in [3.05, 3.63) is 89.0 Å². The summed E-state index contributed by atoms with van der Waals surface area (Å²) in [5, 5.41) is 33.2. The summed E-state index contributed by atoms with van der Waals surface area (Å²) >= 11 is 0. The van der Waals surface area contributed by atoms with Gasteiger partial charge in [-0.05, 0) is 41.5 Å². The van der Waals surface area contributed by atoms with Crippen LogP contribution in [0.3, 0.4) is 0 Å². The lowest BCUT2D eigenvalue weighted by Crippen LogP contribution is -2.17. The Labute approximate surface area is 161 Å². The van der Waals surface area contributed by atoms with Crippen molar-refractivity contribution < 1.29 is 20.1 Å². The fraction of sp³-hybridized carbons (Fsp3) is 0. The normalized spacial score (nSPS) is 11.1. The third-order valence-electron chi connectivity index (χ3n) is 3.92. The van der Waals surface area contributed by atoms with Gasteiger partial charge in [0.05, 0.1) is 6.21 Å². The maximum Gasteiger partial charge on any atom is 0.271 e. The molecule has 0 aliphatic carbocycles. The van der Waals surface area contributed by atoms with Crippen LogP contribution in [0, 0.1) is 0 Å². The number of amides is 1. The minimum atomic E-state index is -0.378. The molecule has 0 spiro atoms. The molecule has 0 aliphatic heterocycles. The van der Waals surface area contributed by atoms with Crippen LogP contribution in [0.4, 0.5) is 0 Å². The molecule has 0 unspecified atom stereocenters. The number of hydrogen-bond donors (Lipinski definition) is 4. The van der Waals surface area contributed by atoms with Gasteiger partial charge in [-0.25, -0.2) is 5.43 Å². The van der Waals surface area contributed by atoms with Gasteiger partial charge in [-0.1, -0.05) is 42.5 Å². The van der Waals surface area contributed by atoms with Crippen LogP contribution < -0.4 is 5.43 Å². The molecule has 6 nitrogen and oxygen atoms in total. The lowest BCUT2D eigenvalue weighted by Gasteiger charge is -2.06. The highest BCUT2D eigenvalue weighted by atomic mass is 16.3. The topological polar surface area (TPSA) is 102 Å². The Morgan fingerprint density at radius 1 is 0.857 bits per heavy atom. The Hall–Kier alpha value is -4.06. The molecule has 6 heteroatoms. The lowest BCUT2D eigenvalue weighted by atomic mass is 10.0. The number of phenols is 3. The molecule has 0 saturated carbocycles. The van der Waals surface area contributed by atoms with E-state index in [1.807, 2.05) is 0 Å². The average molecular weight is 374 g/mol. The van der Waals surface area contributed by atoms with Gasteiger partial charge in [0.2, 0.25) is 0 Å². The third-order valence-corrected chi connectivity index (χ3v) is 3.92. The highest BCUT2D eigenvalue weighted by molar-refractivity contribution is 5.96. The summed E-state index contributed by atoms with van der Waals surface area (Å²) < 4.78 is 0. The molecule has 3 rings (SSSR count). The molecule has 0 radical (unpaired) electrons. The smallest absolute Gasteiger partial charge is 0.271 e. The molecule has 140 valence electrons. The van der Waals surface area contributed by atoms with Crippen LogP contribution in [0.1, 0.15) is 27.0 Å². The highest BCUT2D eigenvalue weighted by Crippen LogP contribution is 2.27. The van der Waals surface area contributed by atoms with Crippen molar-refractivity contribution in [3.63, 3.8) is 0 Å². The number of hydrazone groups is 1. The van der Waals surface area contributed by atoms with Gasteiger partial charge in [-0.15, -0.1) is 0 Å². The first-order valence-electron chi connectivity index (χ1n) is 8.44. The number of rotatable bonds is 5. The molecule has 3 aromatic carbocycles. The Kier molecular flexibility index (Phi) is 5.72. The van der Waals surface area contributed by atoms with Gasteiger partial charge in [-0.2, -0.15) is 5.10 Å². The highest BCUT2D eigenvalue weighted by Gasteiger charge is 2.08. The maximum absolute atomic E-state index is 12.0. The quantitative estimate of drug-likeness (QED) is 0.310. The molecule has 0 saturated heterocycles. The van der Waals surface area contributed by atoms with E-state index in [2.05, 4.69) is 10.5 Å². The summed E-state index contributed by atoms with van der Waals surface area (Å²) in [5.41, 5.74) is 4.52. The van der Waals surface area contributed by atoms with Crippen molar-refractivity contribution in [1.29, 1.82) is 0 Å². The van der Waals surface area contributed by atoms with E-state index in [-0.39, 0.29) is 23.2 Å². The molecule has 0 aromatic heterocycles. The van der Waals surface area contributed by atoms with Crippen molar-refractivity contribution >= 4 is 24.3 Å². The molecular weight excluding hydrogens is 356 g/mol. The van der Waals surface area contributed by atoms with Gasteiger partial charge in [0.1, 0.15) is 17.2 Å². The van der Waals surface area contributed by atoms with Gasteiger partial charge in [0.15, 0.2) is 0 Å². The molecule has 4 N–H and O–H groups in total. The van der Waals surface area contributed by atoms with E-state index in [0.717, 1.165) is 5.56 Å². The van der Waals surface area contributed by atoms with E-state index in [9.17, 15) is 20.1 Å². The standard InChI is InChI=1S/C22H18N2O4/c25-18-10-7-15(8-11-18)6-9-17-12-19(26)13-21(27)20(17)14-23-24-22(28)16-4-2-1-3-5-16/h1-14,25-27H,(H,24,28)/b9-6+,23-14-. The monoisotopic (exact) mass is 374 g/mol. The second-order valence-electron chi connectivity index (χ2n) is 5.96. The maximum atomic E-state index is 12.0. The van der Waals surface area contributed by atoms with Gasteiger partial charge in [-0.3, -0.25) is 4.79 Å². The molecule has 3 aromatic rings. The molecule has 28 heavy (non-hydrogen) atoms. The largest absolute Gasteiger partial charge is 0.508 e. The van der Waals surface area contributed by atoms with E-state index in [1.165, 1.54) is 18.3 Å². The molecule has 0 heterocycles. The predicted molar refractivity (Wildman–Crippen MR) is 108 cm³/mol. The summed E-state index contributed by atoms with van der Waals surface area (Å²) in [6.45, 7) is 0. The van der Waals surface area contributed by atoms with E-state index >= 15 is 0 Å². The Bertz CT molecular complexity index is 1030. The first-order valence-corrected chi connectivity index (χ1v) is 8.44. The van der Waals surface area contributed by atoms with Crippen LogP contribution in [-0.2, 0) is 0 Å². The van der Waals surface area contributed by atoms with Crippen molar-refractivity contribution in [2.24, 2.45) is 5.10 Å². The zero-order chi connectivity index (χ0) is 19.9. The first kappa shape index (κ1) is 18.7. The second kappa shape index (κ2) is 8.55. The van der Waals surface area contributed by atoms with Crippen LogP contribution in [-0.4, -0.2) is 27.4 Å². The summed E-state index contributed by atoms with van der Waals surface area (Å²) in [5.74, 6) is -0.498.